The van der Waals surface area contributed by atoms with Gasteiger partial charge in [0.25, 0.3) is 0 Å². The van der Waals surface area contributed by atoms with Crippen molar-refractivity contribution in [1.82, 2.24) is 0 Å². The standard InChI is InChI=1S/C16H21NO5/c1-16(2,3)22-15(20)17-12-6-5-9(7-13(12)21-4)10-8-11(10)14(18)19/h5-7,10-11H,8H2,1-4H3,(H,17,20)(H,18,19)/t10-,11+/m0/s1. The summed E-state index contributed by atoms with van der Waals surface area (Å²) in [6.45, 7) is 5.35. The first-order valence-corrected chi connectivity index (χ1v) is 7.12. The zero-order valence-electron chi connectivity index (χ0n) is 13.2. The number of ether oxygens (including phenoxy) is 2. The molecule has 0 bridgehead atoms. The number of nitrogens with one attached hydrogen (secondary N) is 1. The van der Waals surface area contributed by atoms with Crippen molar-refractivity contribution in [1.29, 1.82) is 0 Å². The summed E-state index contributed by atoms with van der Waals surface area (Å²) in [5.74, 6) is -0.601. The van der Waals surface area contributed by atoms with Gasteiger partial charge in [-0.15, -0.1) is 0 Å². The summed E-state index contributed by atoms with van der Waals surface area (Å²) in [7, 11) is 1.50. The average Bonchev–Trinajstić information content (AvgIpc) is 3.17. The number of anilines is 1. The van der Waals surface area contributed by atoms with Crippen LogP contribution in [-0.2, 0) is 9.53 Å². The highest BCUT2D eigenvalue weighted by molar-refractivity contribution is 5.87. The lowest BCUT2D eigenvalue weighted by Crippen LogP contribution is -2.27. The Morgan fingerprint density at radius 3 is 2.50 bits per heavy atom. The summed E-state index contributed by atoms with van der Waals surface area (Å²) in [5, 5.41) is 11.6. The summed E-state index contributed by atoms with van der Waals surface area (Å²) in [6, 6.07) is 5.28. The van der Waals surface area contributed by atoms with Crippen LogP contribution < -0.4 is 10.1 Å². The van der Waals surface area contributed by atoms with E-state index in [4.69, 9.17) is 14.6 Å². The molecule has 120 valence electrons. The van der Waals surface area contributed by atoms with Gasteiger partial charge >= 0.3 is 12.1 Å². The molecule has 1 aromatic carbocycles. The second kappa shape index (κ2) is 5.87. The van der Waals surface area contributed by atoms with Crippen molar-refractivity contribution >= 4 is 17.7 Å². The van der Waals surface area contributed by atoms with Gasteiger partial charge in [-0.3, -0.25) is 10.1 Å². The Balaban J connectivity index is 2.10. The summed E-state index contributed by atoms with van der Waals surface area (Å²) in [6.07, 6.45) is 0.0746. The van der Waals surface area contributed by atoms with Crippen LogP contribution in [0.1, 0.15) is 38.7 Å². The Morgan fingerprint density at radius 2 is 2.00 bits per heavy atom. The van der Waals surface area contributed by atoms with E-state index in [-0.39, 0.29) is 11.8 Å². The second-order valence-electron chi connectivity index (χ2n) is 6.37. The minimum atomic E-state index is -0.778. The van der Waals surface area contributed by atoms with Gasteiger partial charge in [-0.1, -0.05) is 6.07 Å². The summed E-state index contributed by atoms with van der Waals surface area (Å²) >= 11 is 0. The molecule has 1 fully saturated rings. The van der Waals surface area contributed by atoms with Crippen molar-refractivity contribution in [2.24, 2.45) is 5.92 Å². The average molecular weight is 307 g/mol. The highest BCUT2D eigenvalue weighted by atomic mass is 16.6. The highest BCUT2D eigenvalue weighted by Crippen LogP contribution is 2.48. The number of benzene rings is 1. The molecule has 0 spiro atoms. The van der Waals surface area contributed by atoms with E-state index in [2.05, 4.69) is 5.32 Å². The third-order valence-electron chi connectivity index (χ3n) is 3.40. The van der Waals surface area contributed by atoms with Crippen molar-refractivity contribution in [3.8, 4) is 5.75 Å². The molecule has 1 aliphatic carbocycles. The largest absolute Gasteiger partial charge is 0.495 e. The predicted molar refractivity (Wildman–Crippen MR) is 81.3 cm³/mol. The van der Waals surface area contributed by atoms with Crippen molar-refractivity contribution in [3.63, 3.8) is 0 Å². The topological polar surface area (TPSA) is 84.9 Å². The van der Waals surface area contributed by atoms with Crippen LogP contribution in [0.15, 0.2) is 18.2 Å². The molecule has 6 nitrogen and oxygen atoms in total. The Labute approximate surface area is 129 Å². The molecule has 0 aromatic heterocycles. The zero-order chi connectivity index (χ0) is 16.5. The maximum atomic E-state index is 11.8. The molecule has 1 aliphatic rings. The van der Waals surface area contributed by atoms with Gasteiger partial charge < -0.3 is 14.6 Å². The van der Waals surface area contributed by atoms with Crippen molar-refractivity contribution in [2.75, 3.05) is 12.4 Å². The maximum Gasteiger partial charge on any atom is 0.412 e. The molecule has 2 atom stereocenters. The molecular weight excluding hydrogens is 286 g/mol. The van der Waals surface area contributed by atoms with Crippen LogP contribution in [0.4, 0.5) is 10.5 Å². The molecule has 2 rings (SSSR count). The number of rotatable bonds is 4. The van der Waals surface area contributed by atoms with Gasteiger partial charge in [0.05, 0.1) is 18.7 Å². The van der Waals surface area contributed by atoms with E-state index in [1.165, 1.54) is 7.11 Å². The first kappa shape index (κ1) is 16.1. The van der Waals surface area contributed by atoms with Gasteiger partial charge in [-0.25, -0.2) is 4.79 Å². The molecule has 2 N–H and O–H groups in total. The lowest BCUT2D eigenvalue weighted by Gasteiger charge is -2.20. The number of aliphatic carboxylic acids is 1. The number of methoxy groups -OCH3 is 1. The van der Waals surface area contributed by atoms with Crippen LogP contribution in [-0.4, -0.2) is 29.9 Å². The Hall–Kier alpha value is -2.24. The number of carboxylic acid groups (broad SMARTS) is 1. The van der Waals surface area contributed by atoms with Crippen LogP contribution in [0.25, 0.3) is 0 Å². The van der Waals surface area contributed by atoms with Gasteiger partial charge in [-0.05, 0) is 50.8 Å². The fourth-order valence-corrected chi connectivity index (χ4v) is 2.29. The molecule has 0 heterocycles. The summed E-state index contributed by atoms with van der Waals surface area (Å²) in [4.78, 5) is 22.7. The summed E-state index contributed by atoms with van der Waals surface area (Å²) < 4.78 is 10.5. The number of hydrogen-bond donors (Lipinski definition) is 2. The smallest absolute Gasteiger partial charge is 0.412 e. The Bertz CT molecular complexity index is 591. The van der Waals surface area contributed by atoms with E-state index < -0.39 is 17.7 Å². The predicted octanol–water partition coefficient (Wildman–Crippen LogP) is 3.23. The SMILES string of the molecule is COc1cc([C@@H]2C[C@H]2C(=O)O)ccc1NC(=O)OC(C)(C)C. The Kier molecular flexibility index (Phi) is 4.30. The van der Waals surface area contributed by atoms with Gasteiger partial charge in [0.1, 0.15) is 11.4 Å². The molecule has 0 unspecified atom stereocenters. The van der Waals surface area contributed by atoms with Crippen LogP contribution >= 0.6 is 0 Å². The normalized spacial score (nSPS) is 20.2. The lowest BCUT2D eigenvalue weighted by molar-refractivity contribution is -0.138. The molecule has 22 heavy (non-hydrogen) atoms. The highest BCUT2D eigenvalue weighted by Gasteiger charge is 2.44. The fourth-order valence-electron chi connectivity index (χ4n) is 2.29. The molecule has 0 radical (unpaired) electrons. The number of carbonyl (C=O) groups is 2. The minimum absolute atomic E-state index is 0.0157. The van der Waals surface area contributed by atoms with Crippen molar-refractivity contribution in [2.45, 2.75) is 38.7 Å². The van der Waals surface area contributed by atoms with Crippen molar-refractivity contribution < 1.29 is 24.2 Å². The lowest BCUT2D eigenvalue weighted by atomic mass is 10.1. The van der Waals surface area contributed by atoms with Gasteiger partial charge in [0.2, 0.25) is 0 Å². The van der Waals surface area contributed by atoms with Crippen LogP contribution in [0.2, 0.25) is 0 Å². The zero-order valence-corrected chi connectivity index (χ0v) is 13.2. The molecule has 0 saturated heterocycles. The van der Waals surface area contributed by atoms with E-state index in [1.807, 2.05) is 6.07 Å². The molecule has 0 aliphatic heterocycles. The van der Waals surface area contributed by atoms with E-state index in [1.54, 1.807) is 32.9 Å². The van der Waals surface area contributed by atoms with Crippen molar-refractivity contribution in [3.05, 3.63) is 23.8 Å². The van der Waals surface area contributed by atoms with Gasteiger partial charge in [0, 0.05) is 0 Å². The molecule has 6 heteroatoms. The third-order valence-corrected chi connectivity index (χ3v) is 3.40. The number of carboxylic acids is 1. The third kappa shape index (κ3) is 3.90. The van der Waals surface area contributed by atoms with Gasteiger partial charge in [-0.2, -0.15) is 0 Å². The molecule has 1 saturated carbocycles. The van der Waals surface area contributed by atoms with Crippen LogP contribution in [0.3, 0.4) is 0 Å². The first-order chi connectivity index (χ1) is 10.2. The van der Waals surface area contributed by atoms with E-state index in [0.717, 1.165) is 5.56 Å². The number of amides is 1. The second-order valence-corrected chi connectivity index (χ2v) is 6.37. The number of hydrogen-bond acceptors (Lipinski definition) is 4. The first-order valence-electron chi connectivity index (χ1n) is 7.12. The number of carbonyl (C=O) groups excluding carboxylic acids is 1. The molecular formula is C16H21NO5. The quantitative estimate of drug-likeness (QED) is 0.892. The van der Waals surface area contributed by atoms with E-state index in [9.17, 15) is 9.59 Å². The van der Waals surface area contributed by atoms with E-state index >= 15 is 0 Å². The summed E-state index contributed by atoms with van der Waals surface area (Å²) in [5.41, 5.74) is 0.812. The van der Waals surface area contributed by atoms with Gasteiger partial charge in [0.15, 0.2) is 0 Å². The fraction of sp³-hybridized carbons (Fsp3) is 0.500. The molecule has 1 amide bonds. The monoisotopic (exact) mass is 307 g/mol. The maximum absolute atomic E-state index is 11.8. The minimum Gasteiger partial charge on any atom is -0.495 e. The Morgan fingerprint density at radius 1 is 1.32 bits per heavy atom. The van der Waals surface area contributed by atoms with Crippen LogP contribution in [0, 0.1) is 5.92 Å². The van der Waals surface area contributed by atoms with E-state index in [0.29, 0.717) is 17.9 Å². The van der Waals surface area contributed by atoms with Crippen LogP contribution in [0.5, 0.6) is 5.75 Å². The molecule has 1 aromatic rings.